The van der Waals surface area contributed by atoms with Crippen LogP contribution in [-0.4, -0.2) is 77.1 Å². The third-order valence-corrected chi connectivity index (χ3v) is 5.89. The number of methoxy groups -OCH3 is 1. The van der Waals surface area contributed by atoms with E-state index in [1.807, 2.05) is 11.9 Å². The van der Waals surface area contributed by atoms with Crippen molar-refractivity contribution in [1.29, 1.82) is 0 Å². The minimum absolute atomic E-state index is 0.0968. The van der Waals surface area contributed by atoms with Crippen molar-refractivity contribution < 1.29 is 9.53 Å². The summed E-state index contributed by atoms with van der Waals surface area (Å²) in [7, 11) is 3.61. The van der Waals surface area contributed by atoms with Gasteiger partial charge in [-0.05, 0) is 42.0 Å². The van der Waals surface area contributed by atoms with Crippen LogP contribution in [0.3, 0.4) is 0 Å². The van der Waals surface area contributed by atoms with Crippen molar-refractivity contribution in [1.82, 2.24) is 30.4 Å². The van der Waals surface area contributed by atoms with Crippen LogP contribution in [-0.2, 0) is 11.8 Å². The van der Waals surface area contributed by atoms with E-state index in [2.05, 4.69) is 25.7 Å². The molecular formula is C16H27N7O2. The molecule has 3 heterocycles. The number of tetrazole rings is 1. The lowest BCUT2D eigenvalue weighted by atomic mass is 9.58. The lowest BCUT2D eigenvalue weighted by Gasteiger charge is -2.59. The highest BCUT2D eigenvalue weighted by molar-refractivity contribution is 5.75. The van der Waals surface area contributed by atoms with Gasteiger partial charge in [0.15, 0.2) is 0 Å². The molecule has 0 unspecified atom stereocenters. The Morgan fingerprint density at radius 3 is 2.64 bits per heavy atom. The number of amides is 2. The van der Waals surface area contributed by atoms with Crippen LogP contribution in [0.4, 0.5) is 10.7 Å². The number of hydrogen-bond donors (Lipinski definition) is 1. The molecule has 25 heavy (non-hydrogen) atoms. The molecule has 3 fully saturated rings. The van der Waals surface area contributed by atoms with Crippen LogP contribution in [0.5, 0.6) is 0 Å². The van der Waals surface area contributed by atoms with Gasteiger partial charge in [-0.25, -0.2) is 9.48 Å². The van der Waals surface area contributed by atoms with Crippen molar-refractivity contribution >= 4 is 12.0 Å². The largest absolute Gasteiger partial charge is 0.384 e. The lowest BCUT2D eigenvalue weighted by molar-refractivity contribution is -0.0892. The van der Waals surface area contributed by atoms with E-state index < -0.39 is 0 Å². The molecule has 1 N–H and O–H groups in total. The van der Waals surface area contributed by atoms with E-state index in [0.29, 0.717) is 11.3 Å². The van der Waals surface area contributed by atoms with Gasteiger partial charge in [0, 0.05) is 58.4 Å². The Labute approximate surface area is 147 Å². The maximum atomic E-state index is 12.4. The van der Waals surface area contributed by atoms with Gasteiger partial charge in [0.1, 0.15) is 0 Å². The molecule has 2 aliphatic heterocycles. The minimum atomic E-state index is 0.0968. The second-order valence-electron chi connectivity index (χ2n) is 7.90. The number of anilines is 1. The summed E-state index contributed by atoms with van der Waals surface area (Å²) < 4.78 is 6.90. The van der Waals surface area contributed by atoms with Gasteiger partial charge in [-0.1, -0.05) is 5.10 Å². The molecule has 4 rings (SSSR count). The fraction of sp³-hybridized carbons (Fsp3) is 0.875. The zero-order valence-electron chi connectivity index (χ0n) is 15.0. The number of carbonyl (C=O) groups is 1. The zero-order valence-corrected chi connectivity index (χ0v) is 15.0. The van der Waals surface area contributed by atoms with Crippen molar-refractivity contribution in [2.45, 2.75) is 31.7 Å². The molecule has 1 aliphatic carbocycles. The van der Waals surface area contributed by atoms with E-state index in [4.69, 9.17) is 4.74 Å². The third kappa shape index (κ3) is 3.17. The van der Waals surface area contributed by atoms with Crippen molar-refractivity contribution in [3.63, 3.8) is 0 Å². The number of aromatic nitrogens is 4. The number of nitrogens with zero attached hydrogens (tertiary/aromatic N) is 6. The molecule has 1 aromatic heterocycles. The number of carbonyl (C=O) groups excluding carboxylic acids is 1. The van der Waals surface area contributed by atoms with Gasteiger partial charge in [-0.15, -0.1) is 0 Å². The Kier molecular flexibility index (Phi) is 4.26. The van der Waals surface area contributed by atoms with Gasteiger partial charge in [0.05, 0.1) is 0 Å². The molecule has 1 spiro atoms. The first-order valence-electron chi connectivity index (χ1n) is 9.10. The number of nitrogens with one attached hydrogen (secondary N) is 1. The average Bonchev–Trinajstić information content (AvgIpc) is 2.95. The van der Waals surface area contributed by atoms with Crippen LogP contribution in [0.15, 0.2) is 0 Å². The Hall–Kier alpha value is -1.90. The fourth-order valence-corrected chi connectivity index (χ4v) is 4.67. The molecule has 0 aromatic carbocycles. The number of aryl methyl sites for hydroxylation is 1. The van der Waals surface area contributed by atoms with Gasteiger partial charge in [0.25, 0.3) is 0 Å². The molecule has 2 amide bonds. The molecule has 0 radical (unpaired) electrons. The molecule has 3 aliphatic rings. The van der Waals surface area contributed by atoms with E-state index in [0.717, 1.165) is 51.6 Å². The summed E-state index contributed by atoms with van der Waals surface area (Å²) in [6.45, 7) is 4.39. The average molecular weight is 349 g/mol. The standard InChI is InChI=1S/C16H27N7O2/c1-21-14(18-19-20-21)22-5-3-13(4-6-22)17-15(24)23-10-16(11-23)7-12(8-16)9-25-2/h12-13H,3-11H2,1-2H3,(H,17,24). The number of likely N-dealkylation sites (tertiary alicyclic amines) is 1. The minimum Gasteiger partial charge on any atom is -0.384 e. The van der Waals surface area contributed by atoms with Gasteiger partial charge in [-0.3, -0.25) is 0 Å². The highest BCUT2D eigenvalue weighted by Crippen LogP contribution is 2.51. The molecule has 138 valence electrons. The van der Waals surface area contributed by atoms with Crippen LogP contribution < -0.4 is 10.2 Å². The summed E-state index contributed by atoms with van der Waals surface area (Å²) >= 11 is 0. The first kappa shape index (κ1) is 16.6. The van der Waals surface area contributed by atoms with Crippen LogP contribution in [0, 0.1) is 11.3 Å². The number of piperidine rings is 1. The van der Waals surface area contributed by atoms with Crippen molar-refractivity contribution in [2.75, 3.05) is 44.8 Å². The maximum Gasteiger partial charge on any atom is 0.317 e. The number of rotatable bonds is 4. The summed E-state index contributed by atoms with van der Waals surface area (Å²) in [6, 6.07) is 0.337. The van der Waals surface area contributed by atoms with Gasteiger partial charge in [0.2, 0.25) is 5.95 Å². The Morgan fingerprint density at radius 2 is 2.04 bits per heavy atom. The Morgan fingerprint density at radius 1 is 1.32 bits per heavy atom. The van der Waals surface area contributed by atoms with Crippen LogP contribution >= 0.6 is 0 Å². The fourth-order valence-electron chi connectivity index (χ4n) is 4.67. The van der Waals surface area contributed by atoms with Crippen molar-refractivity contribution in [3.8, 4) is 0 Å². The SMILES string of the molecule is COCC1CC2(C1)CN(C(=O)NC1CCN(c3nnnn3C)CC1)C2. The quantitative estimate of drug-likeness (QED) is 0.838. The van der Waals surface area contributed by atoms with E-state index in [9.17, 15) is 4.79 Å². The normalized spacial score (nSPS) is 23.4. The number of ether oxygens (including phenoxy) is 1. The van der Waals surface area contributed by atoms with Crippen LogP contribution in [0.25, 0.3) is 0 Å². The van der Waals surface area contributed by atoms with Gasteiger partial charge in [-0.2, -0.15) is 0 Å². The number of urea groups is 1. The number of hydrogen-bond acceptors (Lipinski definition) is 6. The van der Waals surface area contributed by atoms with Crippen LogP contribution in [0.2, 0.25) is 0 Å². The summed E-state index contributed by atoms with van der Waals surface area (Å²) in [5.74, 6) is 1.49. The first-order chi connectivity index (χ1) is 12.1. The topological polar surface area (TPSA) is 88.4 Å². The highest BCUT2D eigenvalue weighted by atomic mass is 16.5. The molecule has 9 nitrogen and oxygen atoms in total. The molecule has 0 bridgehead atoms. The summed E-state index contributed by atoms with van der Waals surface area (Å²) in [5.41, 5.74) is 0.391. The molecular weight excluding hydrogens is 322 g/mol. The van der Waals surface area contributed by atoms with E-state index >= 15 is 0 Å². The van der Waals surface area contributed by atoms with Crippen LogP contribution in [0.1, 0.15) is 25.7 Å². The zero-order chi connectivity index (χ0) is 17.4. The predicted octanol–water partition coefficient (Wildman–Crippen LogP) is 0.247. The molecule has 0 atom stereocenters. The second-order valence-corrected chi connectivity index (χ2v) is 7.90. The summed E-state index contributed by atoms with van der Waals surface area (Å²) in [6.07, 6.45) is 4.25. The predicted molar refractivity (Wildman–Crippen MR) is 91.2 cm³/mol. The smallest absolute Gasteiger partial charge is 0.317 e. The van der Waals surface area contributed by atoms with E-state index in [-0.39, 0.29) is 12.1 Å². The van der Waals surface area contributed by atoms with E-state index in [1.54, 1.807) is 11.8 Å². The Balaban J connectivity index is 1.19. The third-order valence-electron chi connectivity index (χ3n) is 5.89. The molecule has 1 aromatic rings. The second kappa shape index (κ2) is 6.44. The van der Waals surface area contributed by atoms with Crippen molar-refractivity contribution in [3.05, 3.63) is 0 Å². The molecule has 2 saturated heterocycles. The van der Waals surface area contributed by atoms with Gasteiger partial charge >= 0.3 is 6.03 Å². The first-order valence-corrected chi connectivity index (χ1v) is 9.10. The molecule has 1 saturated carbocycles. The van der Waals surface area contributed by atoms with Gasteiger partial charge < -0.3 is 19.9 Å². The van der Waals surface area contributed by atoms with E-state index in [1.165, 1.54) is 12.8 Å². The summed E-state index contributed by atoms with van der Waals surface area (Å²) in [5, 5.41) is 14.8. The summed E-state index contributed by atoms with van der Waals surface area (Å²) in [4.78, 5) is 16.6. The maximum absolute atomic E-state index is 12.4. The van der Waals surface area contributed by atoms with Crippen molar-refractivity contribution in [2.24, 2.45) is 18.4 Å². The monoisotopic (exact) mass is 349 g/mol. The lowest BCUT2D eigenvalue weighted by Crippen LogP contribution is -2.66. The molecule has 9 heteroatoms. The Bertz CT molecular complexity index is 612. The highest BCUT2D eigenvalue weighted by Gasteiger charge is 2.53.